The Labute approximate surface area is 145 Å². The fraction of sp³-hybridized carbons (Fsp3) is 0.211. The molecule has 6 nitrogen and oxygen atoms in total. The second-order valence-electron chi connectivity index (χ2n) is 5.99. The van der Waals surface area contributed by atoms with Gasteiger partial charge < -0.3 is 14.6 Å². The molecule has 0 bridgehead atoms. The van der Waals surface area contributed by atoms with E-state index >= 15 is 0 Å². The van der Waals surface area contributed by atoms with Gasteiger partial charge in [0.05, 0.1) is 6.26 Å². The van der Waals surface area contributed by atoms with Gasteiger partial charge in [-0.1, -0.05) is 18.2 Å². The average molecular weight is 334 g/mol. The fourth-order valence-electron chi connectivity index (χ4n) is 3.00. The molecule has 1 N–H and O–H groups in total. The van der Waals surface area contributed by atoms with Crippen molar-refractivity contribution < 1.29 is 9.21 Å². The lowest BCUT2D eigenvalue weighted by molar-refractivity contribution is 0.0791. The van der Waals surface area contributed by atoms with Gasteiger partial charge in [0.1, 0.15) is 5.69 Å². The molecule has 25 heavy (non-hydrogen) atoms. The highest BCUT2D eigenvalue weighted by Gasteiger charge is 2.27. The summed E-state index contributed by atoms with van der Waals surface area (Å²) in [7, 11) is 0. The maximum Gasteiger partial charge on any atom is 0.253 e. The number of nitrogens with zero attached hydrogens (tertiary/aromatic N) is 3. The van der Waals surface area contributed by atoms with Gasteiger partial charge in [0.2, 0.25) is 5.95 Å². The maximum absolute atomic E-state index is 12.5. The van der Waals surface area contributed by atoms with Crippen molar-refractivity contribution in [2.45, 2.75) is 12.5 Å². The molecule has 1 unspecified atom stereocenters. The summed E-state index contributed by atoms with van der Waals surface area (Å²) in [5.74, 6) is 1.32. The normalized spacial score (nSPS) is 16.8. The average Bonchev–Trinajstić information content (AvgIpc) is 3.34. The van der Waals surface area contributed by atoms with Gasteiger partial charge in [0.25, 0.3) is 5.91 Å². The topological polar surface area (TPSA) is 71.3 Å². The first-order chi connectivity index (χ1) is 12.3. The van der Waals surface area contributed by atoms with Crippen molar-refractivity contribution >= 4 is 11.9 Å². The lowest BCUT2D eigenvalue weighted by Crippen LogP contribution is -2.31. The number of rotatable bonds is 4. The summed E-state index contributed by atoms with van der Waals surface area (Å²) >= 11 is 0. The van der Waals surface area contributed by atoms with E-state index in [2.05, 4.69) is 15.3 Å². The number of anilines is 1. The van der Waals surface area contributed by atoms with Crippen molar-refractivity contribution in [3.05, 3.63) is 66.6 Å². The number of benzene rings is 1. The molecule has 0 saturated carbocycles. The molecule has 1 fully saturated rings. The third kappa shape index (κ3) is 3.38. The smallest absolute Gasteiger partial charge is 0.253 e. The highest BCUT2D eigenvalue weighted by molar-refractivity contribution is 5.94. The molecule has 1 aromatic carbocycles. The molecule has 3 aromatic rings. The predicted molar refractivity (Wildman–Crippen MR) is 94.1 cm³/mol. The molecule has 1 aliphatic heterocycles. The standard InChI is InChI=1S/C19H18N4O2/c24-18(14-5-2-1-3-6-14)23-11-9-15(13-23)21-19-20-10-8-16(22-19)17-7-4-12-25-17/h1-8,10,12,15H,9,11,13H2,(H,20,21,22). The van der Waals surface area contributed by atoms with E-state index < -0.39 is 0 Å². The number of carbonyl (C=O) groups is 1. The van der Waals surface area contributed by atoms with Crippen LogP contribution in [0.3, 0.4) is 0 Å². The molecule has 1 atom stereocenters. The third-order valence-electron chi connectivity index (χ3n) is 4.26. The number of aromatic nitrogens is 2. The molecule has 0 spiro atoms. The van der Waals surface area contributed by atoms with Crippen LogP contribution in [0.25, 0.3) is 11.5 Å². The van der Waals surface area contributed by atoms with E-state index in [0.717, 1.165) is 24.2 Å². The zero-order valence-corrected chi connectivity index (χ0v) is 13.6. The second-order valence-corrected chi connectivity index (χ2v) is 5.99. The number of hydrogen-bond donors (Lipinski definition) is 1. The van der Waals surface area contributed by atoms with Crippen molar-refractivity contribution in [2.75, 3.05) is 18.4 Å². The molecule has 1 amide bonds. The Hall–Kier alpha value is -3.15. The van der Waals surface area contributed by atoms with Crippen molar-refractivity contribution in [3.8, 4) is 11.5 Å². The molecular formula is C19H18N4O2. The zero-order chi connectivity index (χ0) is 17.1. The lowest BCUT2D eigenvalue weighted by Gasteiger charge is -2.17. The molecule has 3 heterocycles. The highest BCUT2D eigenvalue weighted by Crippen LogP contribution is 2.20. The number of nitrogens with one attached hydrogen (secondary N) is 1. The molecule has 1 aliphatic rings. The summed E-state index contributed by atoms with van der Waals surface area (Å²) in [5, 5.41) is 3.32. The zero-order valence-electron chi connectivity index (χ0n) is 13.6. The maximum atomic E-state index is 12.5. The van der Waals surface area contributed by atoms with Gasteiger partial charge in [0.15, 0.2) is 5.76 Å². The van der Waals surface area contributed by atoms with Crippen LogP contribution >= 0.6 is 0 Å². The van der Waals surface area contributed by atoms with Gasteiger partial charge in [-0.3, -0.25) is 4.79 Å². The fourth-order valence-corrected chi connectivity index (χ4v) is 3.00. The summed E-state index contributed by atoms with van der Waals surface area (Å²) in [5.41, 5.74) is 1.46. The lowest BCUT2D eigenvalue weighted by atomic mass is 10.2. The van der Waals surface area contributed by atoms with Crippen molar-refractivity contribution in [1.82, 2.24) is 14.9 Å². The van der Waals surface area contributed by atoms with Gasteiger partial charge in [-0.15, -0.1) is 0 Å². The molecule has 2 aromatic heterocycles. The number of furan rings is 1. The molecule has 1 saturated heterocycles. The van der Waals surface area contributed by atoms with E-state index in [1.54, 1.807) is 12.5 Å². The number of likely N-dealkylation sites (tertiary alicyclic amines) is 1. The SMILES string of the molecule is O=C(c1ccccc1)N1CCC(Nc2nccc(-c3ccco3)n2)C1. The van der Waals surface area contributed by atoms with E-state index in [1.807, 2.05) is 53.4 Å². The van der Waals surface area contributed by atoms with Crippen LogP contribution in [0.2, 0.25) is 0 Å². The Morgan fingerprint density at radius 2 is 2.04 bits per heavy atom. The Morgan fingerprint density at radius 1 is 1.16 bits per heavy atom. The number of hydrogen-bond acceptors (Lipinski definition) is 5. The van der Waals surface area contributed by atoms with E-state index in [4.69, 9.17) is 4.42 Å². The van der Waals surface area contributed by atoms with Gasteiger partial charge in [0, 0.05) is 30.9 Å². The summed E-state index contributed by atoms with van der Waals surface area (Å²) in [6.07, 6.45) is 4.19. The van der Waals surface area contributed by atoms with Crippen LogP contribution in [-0.2, 0) is 0 Å². The van der Waals surface area contributed by atoms with E-state index in [-0.39, 0.29) is 11.9 Å². The van der Waals surface area contributed by atoms with Crippen molar-refractivity contribution in [1.29, 1.82) is 0 Å². The summed E-state index contributed by atoms with van der Waals surface area (Å²) in [4.78, 5) is 23.1. The summed E-state index contributed by atoms with van der Waals surface area (Å²) in [6.45, 7) is 1.37. The van der Waals surface area contributed by atoms with Crippen molar-refractivity contribution in [3.63, 3.8) is 0 Å². The first kappa shape index (κ1) is 15.4. The van der Waals surface area contributed by atoms with Crippen LogP contribution in [0.5, 0.6) is 0 Å². The van der Waals surface area contributed by atoms with Crippen LogP contribution < -0.4 is 5.32 Å². The molecular weight excluding hydrogens is 316 g/mol. The third-order valence-corrected chi connectivity index (χ3v) is 4.26. The minimum atomic E-state index is 0.0650. The first-order valence-electron chi connectivity index (χ1n) is 8.27. The van der Waals surface area contributed by atoms with E-state index in [1.165, 1.54) is 0 Å². The molecule has 0 radical (unpaired) electrons. The molecule has 6 heteroatoms. The van der Waals surface area contributed by atoms with E-state index in [0.29, 0.717) is 18.3 Å². The van der Waals surface area contributed by atoms with Gasteiger partial charge in [-0.2, -0.15) is 0 Å². The predicted octanol–water partition coefficient (Wildman–Crippen LogP) is 3.06. The van der Waals surface area contributed by atoms with Crippen molar-refractivity contribution in [2.24, 2.45) is 0 Å². The van der Waals surface area contributed by atoms with Gasteiger partial charge >= 0.3 is 0 Å². The van der Waals surface area contributed by atoms with Crippen LogP contribution in [0.15, 0.2) is 65.4 Å². The minimum absolute atomic E-state index is 0.0650. The van der Waals surface area contributed by atoms with Gasteiger partial charge in [-0.25, -0.2) is 9.97 Å². The van der Waals surface area contributed by atoms with E-state index in [9.17, 15) is 4.79 Å². The first-order valence-corrected chi connectivity index (χ1v) is 8.27. The Bertz CT molecular complexity index is 849. The number of carbonyl (C=O) groups excluding carboxylic acids is 1. The summed E-state index contributed by atoms with van der Waals surface area (Å²) in [6, 6.07) is 15.0. The Kier molecular flexibility index (Phi) is 4.16. The Balaban J connectivity index is 1.41. The molecule has 126 valence electrons. The van der Waals surface area contributed by atoms with Crippen LogP contribution in [0.4, 0.5) is 5.95 Å². The Morgan fingerprint density at radius 3 is 2.84 bits per heavy atom. The molecule has 0 aliphatic carbocycles. The van der Waals surface area contributed by atoms with Gasteiger partial charge in [-0.05, 0) is 36.8 Å². The quantitative estimate of drug-likeness (QED) is 0.794. The summed E-state index contributed by atoms with van der Waals surface area (Å²) < 4.78 is 5.37. The minimum Gasteiger partial charge on any atom is -0.463 e. The largest absolute Gasteiger partial charge is 0.463 e. The highest BCUT2D eigenvalue weighted by atomic mass is 16.3. The van der Waals surface area contributed by atoms with Crippen LogP contribution in [0, 0.1) is 0 Å². The second kappa shape index (κ2) is 6.76. The monoisotopic (exact) mass is 334 g/mol. The van der Waals surface area contributed by atoms with Crippen LogP contribution in [-0.4, -0.2) is 39.9 Å². The van der Waals surface area contributed by atoms with Crippen LogP contribution in [0.1, 0.15) is 16.8 Å². The number of amides is 1. The molecule has 4 rings (SSSR count).